The van der Waals surface area contributed by atoms with Gasteiger partial charge in [0.15, 0.2) is 0 Å². The van der Waals surface area contributed by atoms with Crippen molar-refractivity contribution in [3.63, 3.8) is 0 Å². The van der Waals surface area contributed by atoms with Crippen molar-refractivity contribution in [3.8, 4) is 11.1 Å². The van der Waals surface area contributed by atoms with Crippen LogP contribution in [-0.4, -0.2) is 51.5 Å². The lowest BCUT2D eigenvalue weighted by Crippen LogP contribution is -2.38. The zero-order valence-electron chi connectivity index (χ0n) is 20.2. The van der Waals surface area contributed by atoms with Crippen LogP contribution in [0.1, 0.15) is 29.7 Å². The molecule has 2 unspecified atom stereocenters. The molecule has 3 heterocycles. The van der Waals surface area contributed by atoms with Crippen LogP contribution in [0.15, 0.2) is 61.2 Å². The first kappa shape index (κ1) is 25.6. The van der Waals surface area contributed by atoms with E-state index < -0.39 is 12.6 Å². The van der Waals surface area contributed by atoms with Gasteiger partial charge in [0.05, 0.1) is 18.4 Å². The summed E-state index contributed by atoms with van der Waals surface area (Å²) in [6.07, 6.45) is 2.49. The first-order valence-electron chi connectivity index (χ1n) is 12.3. The van der Waals surface area contributed by atoms with Crippen LogP contribution in [0.2, 0.25) is 0 Å². The predicted molar refractivity (Wildman–Crippen MR) is 140 cm³/mol. The quantitative estimate of drug-likeness (QED) is 0.305. The maximum atomic E-state index is 12.9. The van der Waals surface area contributed by atoms with Crippen molar-refractivity contribution in [1.82, 2.24) is 20.3 Å². The van der Waals surface area contributed by atoms with Crippen molar-refractivity contribution in [3.05, 3.63) is 71.6 Å². The number of alkyl halides is 3. The van der Waals surface area contributed by atoms with Crippen molar-refractivity contribution in [1.29, 1.82) is 0 Å². The van der Waals surface area contributed by atoms with Gasteiger partial charge in [-0.15, -0.1) is 11.3 Å². The Bertz CT molecular complexity index is 1310. The Balaban J connectivity index is 1.24. The SMILES string of the molecule is OCCN(c1ncnc2sc(CC(F)(F)F)cc12)C1CCC(NCc2ccc(-c3cccnc3)cc2)C1. The molecule has 5 rings (SSSR count). The fourth-order valence-corrected chi connectivity index (χ4v) is 6.03. The second-order valence-corrected chi connectivity index (χ2v) is 10.4. The van der Waals surface area contributed by atoms with Crippen molar-refractivity contribution in [2.45, 2.75) is 50.5 Å². The van der Waals surface area contributed by atoms with E-state index in [9.17, 15) is 18.3 Å². The first-order valence-corrected chi connectivity index (χ1v) is 13.1. The molecule has 1 saturated carbocycles. The smallest absolute Gasteiger partial charge is 0.393 e. The maximum Gasteiger partial charge on any atom is 0.393 e. The summed E-state index contributed by atoms with van der Waals surface area (Å²) in [7, 11) is 0. The fraction of sp³-hybridized carbons (Fsp3) is 0.370. The molecule has 1 aromatic carbocycles. The molecule has 0 aliphatic heterocycles. The average molecular weight is 528 g/mol. The van der Waals surface area contributed by atoms with Crippen molar-refractivity contribution >= 4 is 27.4 Å². The van der Waals surface area contributed by atoms with Crippen LogP contribution in [-0.2, 0) is 13.0 Å². The highest BCUT2D eigenvalue weighted by Crippen LogP contribution is 2.36. The monoisotopic (exact) mass is 527 g/mol. The summed E-state index contributed by atoms with van der Waals surface area (Å²) >= 11 is 1.05. The van der Waals surface area contributed by atoms with Gasteiger partial charge in [-0.3, -0.25) is 4.98 Å². The Hall–Kier alpha value is -3.08. The third-order valence-corrected chi connectivity index (χ3v) is 7.78. The van der Waals surface area contributed by atoms with Crippen LogP contribution >= 0.6 is 11.3 Å². The van der Waals surface area contributed by atoms with Gasteiger partial charge in [-0.2, -0.15) is 13.2 Å². The number of rotatable bonds is 9. The minimum absolute atomic E-state index is 0.0665. The van der Waals surface area contributed by atoms with Gasteiger partial charge in [0.1, 0.15) is 17.0 Å². The van der Waals surface area contributed by atoms with E-state index in [1.165, 1.54) is 11.9 Å². The Morgan fingerprint density at radius 1 is 1.08 bits per heavy atom. The lowest BCUT2D eigenvalue weighted by atomic mass is 10.1. The van der Waals surface area contributed by atoms with Gasteiger partial charge >= 0.3 is 6.18 Å². The second-order valence-electron chi connectivity index (χ2n) is 9.32. The minimum Gasteiger partial charge on any atom is -0.395 e. The molecular weight excluding hydrogens is 499 g/mol. The van der Waals surface area contributed by atoms with Gasteiger partial charge in [0, 0.05) is 42.4 Å². The number of aliphatic hydroxyl groups is 1. The Kier molecular flexibility index (Phi) is 7.68. The van der Waals surface area contributed by atoms with Crippen LogP contribution in [0.4, 0.5) is 19.0 Å². The molecule has 0 radical (unpaired) electrons. The van der Waals surface area contributed by atoms with Gasteiger partial charge in [-0.05, 0) is 48.1 Å². The highest BCUT2D eigenvalue weighted by Gasteiger charge is 2.32. The van der Waals surface area contributed by atoms with E-state index in [0.29, 0.717) is 28.6 Å². The van der Waals surface area contributed by atoms with Gasteiger partial charge < -0.3 is 15.3 Å². The zero-order chi connectivity index (χ0) is 25.8. The summed E-state index contributed by atoms with van der Waals surface area (Å²) in [6, 6.07) is 14.4. The molecule has 3 aromatic heterocycles. The number of benzene rings is 1. The van der Waals surface area contributed by atoms with E-state index in [4.69, 9.17) is 0 Å². The summed E-state index contributed by atoms with van der Waals surface area (Å²) < 4.78 is 38.8. The molecular formula is C27H28F3N5OS. The number of anilines is 1. The molecule has 1 aliphatic rings. The summed E-state index contributed by atoms with van der Waals surface area (Å²) in [6.45, 7) is 1.04. The lowest BCUT2D eigenvalue weighted by molar-refractivity contribution is -0.126. The molecule has 6 nitrogen and oxygen atoms in total. The third-order valence-electron chi connectivity index (χ3n) is 6.74. The van der Waals surface area contributed by atoms with Crippen LogP contribution in [0.25, 0.3) is 21.3 Å². The third kappa shape index (κ3) is 6.26. The van der Waals surface area contributed by atoms with E-state index in [0.717, 1.165) is 48.3 Å². The maximum absolute atomic E-state index is 12.9. The average Bonchev–Trinajstić information content (AvgIpc) is 3.52. The molecule has 37 heavy (non-hydrogen) atoms. The molecule has 0 saturated heterocycles. The van der Waals surface area contributed by atoms with E-state index in [-0.39, 0.29) is 17.5 Å². The van der Waals surface area contributed by atoms with Crippen molar-refractivity contribution in [2.75, 3.05) is 18.1 Å². The summed E-state index contributed by atoms with van der Waals surface area (Å²) in [5, 5.41) is 14.0. The van der Waals surface area contributed by atoms with Gasteiger partial charge in [-0.1, -0.05) is 30.3 Å². The summed E-state index contributed by atoms with van der Waals surface area (Å²) in [4.78, 5) is 15.6. The summed E-state index contributed by atoms with van der Waals surface area (Å²) in [5.41, 5.74) is 3.40. The van der Waals surface area contributed by atoms with E-state index >= 15 is 0 Å². The van der Waals surface area contributed by atoms with Crippen molar-refractivity contribution < 1.29 is 18.3 Å². The van der Waals surface area contributed by atoms with Crippen LogP contribution in [0, 0.1) is 0 Å². The molecule has 0 spiro atoms. The highest BCUT2D eigenvalue weighted by atomic mass is 32.1. The minimum atomic E-state index is -4.28. The molecule has 10 heteroatoms. The highest BCUT2D eigenvalue weighted by molar-refractivity contribution is 7.18. The molecule has 4 aromatic rings. The predicted octanol–water partition coefficient (Wildman–Crippen LogP) is 5.37. The normalized spacial score (nSPS) is 17.9. The second kappa shape index (κ2) is 11.1. The summed E-state index contributed by atoms with van der Waals surface area (Å²) in [5.74, 6) is 0.598. The molecule has 0 amide bonds. The molecule has 0 bridgehead atoms. The number of aliphatic hydroxyl groups excluding tert-OH is 1. The topological polar surface area (TPSA) is 74.2 Å². The molecule has 2 atom stereocenters. The van der Waals surface area contributed by atoms with Gasteiger partial charge in [0.25, 0.3) is 0 Å². The van der Waals surface area contributed by atoms with Crippen LogP contribution in [0.5, 0.6) is 0 Å². The lowest BCUT2D eigenvalue weighted by Gasteiger charge is -2.30. The largest absolute Gasteiger partial charge is 0.395 e. The number of halogens is 3. The number of fused-ring (bicyclic) bond motifs is 1. The van der Waals surface area contributed by atoms with Gasteiger partial charge in [-0.25, -0.2) is 9.97 Å². The number of thiophene rings is 1. The fourth-order valence-electron chi connectivity index (χ4n) is 5.01. The number of pyridine rings is 1. The number of nitrogens with one attached hydrogen (secondary N) is 1. The van der Waals surface area contributed by atoms with E-state index in [1.54, 1.807) is 12.3 Å². The van der Waals surface area contributed by atoms with Crippen LogP contribution in [0.3, 0.4) is 0 Å². The number of nitrogens with zero attached hydrogens (tertiary/aromatic N) is 4. The van der Waals surface area contributed by atoms with E-state index in [1.807, 2.05) is 23.2 Å². The number of aromatic nitrogens is 3. The molecule has 1 aliphatic carbocycles. The first-order chi connectivity index (χ1) is 17.9. The molecule has 2 N–H and O–H groups in total. The van der Waals surface area contributed by atoms with Crippen LogP contribution < -0.4 is 10.2 Å². The number of hydrogen-bond donors (Lipinski definition) is 2. The Morgan fingerprint density at radius 2 is 1.92 bits per heavy atom. The Morgan fingerprint density at radius 3 is 2.65 bits per heavy atom. The molecule has 1 fully saturated rings. The van der Waals surface area contributed by atoms with Crippen molar-refractivity contribution in [2.24, 2.45) is 0 Å². The Labute approximate surface area is 217 Å². The van der Waals surface area contributed by atoms with E-state index in [2.05, 4.69) is 44.5 Å². The zero-order valence-corrected chi connectivity index (χ0v) is 21.0. The number of hydrogen-bond acceptors (Lipinski definition) is 7. The molecule has 194 valence electrons. The standard InChI is InChI=1S/C27H28F3N5OS/c28-27(29,30)14-23-13-24-25(33-17-34-26(24)37-23)35(10-11-36)22-8-7-21(12-22)32-15-18-3-5-19(6-4-18)20-2-1-9-31-16-20/h1-6,9,13,16-17,21-22,32,36H,7-8,10-12,14-15H2. The van der Waals surface area contributed by atoms with Gasteiger partial charge in [0.2, 0.25) is 0 Å².